The van der Waals surface area contributed by atoms with Crippen LogP contribution in [0.4, 0.5) is 19.0 Å². The maximum atomic E-state index is 13.0. The lowest BCUT2D eigenvalue weighted by molar-refractivity contribution is -0.750. The van der Waals surface area contributed by atoms with E-state index in [0.717, 1.165) is 36.9 Å². The summed E-state index contributed by atoms with van der Waals surface area (Å²) in [6.45, 7) is 2.67. The third-order valence-electron chi connectivity index (χ3n) is 7.57. The molecule has 1 aromatic carbocycles. The summed E-state index contributed by atoms with van der Waals surface area (Å²) in [6, 6.07) is 7.93. The summed E-state index contributed by atoms with van der Waals surface area (Å²) in [4.78, 5) is 25.7. The van der Waals surface area contributed by atoms with Crippen LogP contribution < -0.4 is 11.2 Å². The number of carbonyl (C=O) groups excluding carboxylic acids is 1. The van der Waals surface area contributed by atoms with Crippen molar-refractivity contribution in [2.75, 3.05) is 5.32 Å². The number of amidine groups is 1. The molecule has 2 aliphatic heterocycles. The Morgan fingerprint density at radius 2 is 2.02 bits per heavy atom. The molecule has 1 aliphatic carbocycles. The number of alkyl halides is 3. The van der Waals surface area contributed by atoms with Gasteiger partial charge in [0.2, 0.25) is 5.70 Å². The molecule has 2 aromatic heterocycles. The van der Waals surface area contributed by atoms with E-state index in [-0.39, 0.29) is 16.0 Å². The molecule has 210 valence electrons. The number of benzene rings is 1. The number of hydrogen-bond acceptors (Lipinski definition) is 7. The fraction of sp³-hybridized carbons (Fsp3) is 0.250. The topological polar surface area (TPSA) is 131 Å². The number of anilines is 1. The number of aliphatic imine (C=N–C) groups is 2. The number of nitrogens with two attached hydrogens (primary N) is 1. The van der Waals surface area contributed by atoms with E-state index in [1.165, 1.54) is 12.1 Å². The molecule has 2 unspecified atom stereocenters. The minimum atomic E-state index is -4.56. The Kier molecular flexibility index (Phi) is 6.25. The number of pyridine rings is 1. The molecule has 0 saturated carbocycles. The molecular formula is C28H26F3N8O2+. The van der Waals surface area contributed by atoms with Gasteiger partial charge in [-0.1, -0.05) is 0 Å². The van der Waals surface area contributed by atoms with Crippen molar-refractivity contribution in [3.05, 3.63) is 101 Å². The number of allylic oxidation sites excluding steroid dienone is 1. The Morgan fingerprint density at radius 1 is 1.24 bits per heavy atom. The molecule has 0 radical (unpaired) electrons. The number of nitrogens with one attached hydrogen (secondary N) is 1. The lowest BCUT2D eigenvalue weighted by Crippen LogP contribution is -2.53. The second-order valence-corrected chi connectivity index (χ2v) is 10.0. The van der Waals surface area contributed by atoms with Crippen molar-refractivity contribution in [3.8, 4) is 0 Å². The van der Waals surface area contributed by atoms with Crippen molar-refractivity contribution in [3.63, 3.8) is 0 Å². The predicted octanol–water partition coefficient (Wildman–Crippen LogP) is 4.01. The molecule has 13 heteroatoms. The van der Waals surface area contributed by atoms with Crippen LogP contribution in [0.5, 0.6) is 0 Å². The highest BCUT2D eigenvalue weighted by Gasteiger charge is 2.52. The van der Waals surface area contributed by atoms with Gasteiger partial charge in [-0.05, 0) is 62.6 Å². The van der Waals surface area contributed by atoms with Gasteiger partial charge in [0, 0.05) is 29.6 Å². The van der Waals surface area contributed by atoms with Gasteiger partial charge in [-0.15, -0.1) is 4.59 Å². The number of aryl methyl sites for hydroxylation is 1. The lowest BCUT2D eigenvalue weighted by atomic mass is 9.80. The average Bonchev–Trinajstić information content (AvgIpc) is 3.52. The highest BCUT2D eigenvalue weighted by atomic mass is 19.4. The highest BCUT2D eigenvalue weighted by Crippen LogP contribution is 2.46. The summed E-state index contributed by atoms with van der Waals surface area (Å²) in [5.74, 6) is 6.42. The zero-order chi connectivity index (χ0) is 29.0. The summed E-state index contributed by atoms with van der Waals surface area (Å²) < 4.78 is 40.6. The Morgan fingerprint density at radius 3 is 2.76 bits per heavy atom. The van der Waals surface area contributed by atoms with Crippen molar-refractivity contribution in [2.45, 2.75) is 44.5 Å². The SMILES string of the molecule is CCn1ncc2c1CCCC2(O)C1=C2C=NC=C[N+]2(N)C(c2ccc(C(=O)Nc3cc(C(F)(F)F)ccn3)cc2)=N1. The maximum Gasteiger partial charge on any atom is 0.416 e. The van der Waals surface area contributed by atoms with Crippen LogP contribution in [0.15, 0.2) is 82.6 Å². The number of halogens is 3. The Balaban J connectivity index is 1.32. The fourth-order valence-corrected chi connectivity index (χ4v) is 5.50. The van der Waals surface area contributed by atoms with Gasteiger partial charge in [0.25, 0.3) is 11.7 Å². The van der Waals surface area contributed by atoms with Gasteiger partial charge in [-0.3, -0.25) is 14.5 Å². The second-order valence-electron chi connectivity index (χ2n) is 10.0. The van der Waals surface area contributed by atoms with Gasteiger partial charge < -0.3 is 10.4 Å². The molecule has 4 heterocycles. The first kappa shape index (κ1) is 26.7. The summed E-state index contributed by atoms with van der Waals surface area (Å²) in [5, 5.41) is 18.9. The number of carbonyl (C=O) groups is 1. The quantitative estimate of drug-likeness (QED) is 0.319. The molecule has 0 bridgehead atoms. The van der Waals surface area contributed by atoms with Crippen LogP contribution in [0.1, 0.15) is 52.5 Å². The van der Waals surface area contributed by atoms with E-state index in [2.05, 4.69) is 20.4 Å². The Labute approximate surface area is 232 Å². The Hall–Kier alpha value is -4.46. The number of quaternary nitrogens is 1. The number of hydrogen-bond donors (Lipinski definition) is 3. The van der Waals surface area contributed by atoms with Crippen molar-refractivity contribution in [1.29, 1.82) is 0 Å². The predicted molar refractivity (Wildman–Crippen MR) is 144 cm³/mol. The maximum absolute atomic E-state index is 13.0. The van der Waals surface area contributed by atoms with E-state index in [0.29, 0.717) is 41.3 Å². The summed E-state index contributed by atoms with van der Waals surface area (Å²) in [5.41, 5.74) is 0.997. The average molecular weight is 564 g/mol. The number of aliphatic hydroxyl groups is 1. The first-order valence-corrected chi connectivity index (χ1v) is 13.0. The van der Waals surface area contributed by atoms with Crippen LogP contribution >= 0.6 is 0 Å². The molecular weight excluding hydrogens is 537 g/mol. The fourth-order valence-electron chi connectivity index (χ4n) is 5.50. The normalized spacial score (nSPS) is 23.3. The van der Waals surface area contributed by atoms with Crippen molar-refractivity contribution in [1.82, 2.24) is 14.8 Å². The standard InChI is InChI=1S/C28H25F3N8O2/c1-2-38-21-4-3-10-27(41,20(21)15-35-38)24-22-16-33-12-13-39(22,32)25(37-24)17-5-7-18(8-6-17)26(40)36-23-14-19(9-11-34-23)28(29,30)31/h5-9,11-16,41H,2-4,10,32H2,1H3/p+1. The van der Waals surface area contributed by atoms with Crippen LogP contribution in [-0.2, 0) is 24.7 Å². The van der Waals surface area contributed by atoms with Crippen LogP contribution in [0, 0.1) is 0 Å². The Bertz CT molecular complexity index is 1670. The number of nitrogens with zero attached hydrogens (tertiary/aromatic N) is 6. The summed E-state index contributed by atoms with van der Waals surface area (Å²) in [6.07, 6.45) is 4.87. The van der Waals surface area contributed by atoms with Gasteiger partial charge in [0.05, 0.1) is 29.7 Å². The number of rotatable bonds is 5. The molecule has 0 saturated heterocycles. The first-order valence-electron chi connectivity index (χ1n) is 13.0. The van der Waals surface area contributed by atoms with Gasteiger partial charge >= 0.3 is 6.18 Å². The van der Waals surface area contributed by atoms with Gasteiger partial charge in [-0.2, -0.15) is 29.1 Å². The summed E-state index contributed by atoms with van der Waals surface area (Å²) in [7, 11) is 0. The smallest absolute Gasteiger partial charge is 0.378 e. The van der Waals surface area contributed by atoms with E-state index in [4.69, 9.17) is 10.8 Å². The minimum Gasteiger partial charge on any atom is -0.378 e. The largest absolute Gasteiger partial charge is 0.416 e. The summed E-state index contributed by atoms with van der Waals surface area (Å²) >= 11 is 0. The highest BCUT2D eigenvalue weighted by molar-refractivity contribution is 6.05. The monoisotopic (exact) mass is 563 g/mol. The second kappa shape index (κ2) is 9.58. The molecule has 3 aromatic rings. The lowest BCUT2D eigenvalue weighted by Gasteiger charge is -2.32. The van der Waals surface area contributed by atoms with E-state index in [1.807, 2.05) is 11.6 Å². The zero-order valence-electron chi connectivity index (χ0n) is 21.9. The van der Waals surface area contributed by atoms with E-state index < -0.39 is 23.2 Å². The molecule has 0 fully saturated rings. The molecule has 1 amide bonds. The molecule has 6 rings (SSSR count). The van der Waals surface area contributed by atoms with Crippen molar-refractivity contribution in [2.24, 2.45) is 15.8 Å². The molecule has 3 aliphatic rings. The van der Waals surface area contributed by atoms with E-state index >= 15 is 0 Å². The van der Waals surface area contributed by atoms with Crippen molar-refractivity contribution < 1.29 is 27.7 Å². The van der Waals surface area contributed by atoms with Crippen LogP contribution in [0.2, 0.25) is 0 Å². The minimum absolute atomic E-state index is 0.196. The number of amides is 1. The van der Waals surface area contributed by atoms with Crippen molar-refractivity contribution >= 4 is 23.8 Å². The van der Waals surface area contributed by atoms with Gasteiger partial charge in [-0.25, -0.2) is 4.98 Å². The third kappa shape index (κ3) is 4.38. The number of fused-ring (bicyclic) bond motifs is 2. The first-order chi connectivity index (χ1) is 19.5. The third-order valence-corrected chi connectivity index (χ3v) is 7.57. The van der Waals surface area contributed by atoms with Gasteiger partial charge in [0.15, 0.2) is 0 Å². The van der Waals surface area contributed by atoms with E-state index in [9.17, 15) is 23.1 Å². The molecule has 2 atom stereocenters. The number of aromatic nitrogens is 3. The molecule has 0 spiro atoms. The van der Waals surface area contributed by atoms with E-state index in [1.54, 1.807) is 36.9 Å². The van der Waals surface area contributed by atoms with Gasteiger partial charge in [0.1, 0.15) is 23.3 Å². The molecule has 41 heavy (non-hydrogen) atoms. The molecule has 4 N–H and O–H groups in total. The zero-order valence-corrected chi connectivity index (χ0v) is 21.9. The van der Waals surface area contributed by atoms with Crippen LogP contribution in [0.3, 0.4) is 0 Å². The van der Waals surface area contributed by atoms with Crippen LogP contribution in [0.25, 0.3) is 0 Å². The molecule has 10 nitrogen and oxygen atoms in total. The van der Waals surface area contributed by atoms with Crippen LogP contribution in [-0.4, -0.2) is 42.4 Å².